The van der Waals surface area contributed by atoms with Crippen molar-refractivity contribution in [2.75, 3.05) is 39.4 Å². The minimum atomic E-state index is 0. The summed E-state index contributed by atoms with van der Waals surface area (Å²) in [6.07, 6.45) is 5.90. The predicted molar refractivity (Wildman–Crippen MR) is 109 cm³/mol. The summed E-state index contributed by atoms with van der Waals surface area (Å²) in [5, 5.41) is 3.49. The first-order valence-electron chi connectivity index (χ1n) is 9.86. The van der Waals surface area contributed by atoms with Gasteiger partial charge in [0.25, 0.3) is 5.91 Å². The van der Waals surface area contributed by atoms with Crippen molar-refractivity contribution in [1.82, 2.24) is 15.2 Å². The van der Waals surface area contributed by atoms with Crippen molar-refractivity contribution >= 4 is 18.3 Å². The topological polar surface area (TPSA) is 66.6 Å². The molecule has 1 amide bonds. The third-order valence-corrected chi connectivity index (χ3v) is 6.14. The maximum absolute atomic E-state index is 13.3. The number of hydrogen-bond donors (Lipinski definition) is 2. The molecule has 7 heteroatoms. The summed E-state index contributed by atoms with van der Waals surface area (Å²) in [6, 6.07) is 5.88. The van der Waals surface area contributed by atoms with Gasteiger partial charge in [-0.15, -0.1) is 12.4 Å². The van der Waals surface area contributed by atoms with Crippen LogP contribution in [0.15, 0.2) is 30.6 Å². The molecule has 2 aromatic rings. The highest BCUT2D eigenvalue weighted by atomic mass is 35.5. The van der Waals surface area contributed by atoms with Crippen LogP contribution in [0.2, 0.25) is 0 Å². The average Bonchev–Trinajstić information content (AvgIpc) is 3.33. The first-order valence-corrected chi connectivity index (χ1v) is 9.86. The molecular weight excluding hydrogens is 378 g/mol. The van der Waals surface area contributed by atoms with Crippen LogP contribution in [-0.4, -0.2) is 55.2 Å². The van der Waals surface area contributed by atoms with E-state index in [-0.39, 0.29) is 18.3 Å². The lowest BCUT2D eigenvalue weighted by Crippen LogP contribution is -2.32. The molecule has 0 aliphatic carbocycles. The Morgan fingerprint density at radius 1 is 1.00 bits per heavy atom. The van der Waals surface area contributed by atoms with E-state index in [9.17, 15) is 4.79 Å². The van der Waals surface area contributed by atoms with E-state index in [4.69, 9.17) is 9.47 Å². The van der Waals surface area contributed by atoms with Gasteiger partial charge in [-0.1, -0.05) is 6.07 Å². The SMILES string of the molecule is Cl.O=C(c1c[nH]cc1-c1ccc2c(c1)OCCO2)N1CC[C@@H]2CNC[C@@H]2CC1. The number of nitrogens with one attached hydrogen (secondary N) is 2. The van der Waals surface area contributed by atoms with Gasteiger partial charge in [-0.2, -0.15) is 0 Å². The van der Waals surface area contributed by atoms with Crippen LogP contribution in [0.4, 0.5) is 0 Å². The number of halogens is 1. The van der Waals surface area contributed by atoms with E-state index in [0.717, 1.165) is 67.2 Å². The zero-order valence-electron chi connectivity index (χ0n) is 15.8. The van der Waals surface area contributed by atoms with Crippen LogP contribution < -0.4 is 14.8 Å². The highest BCUT2D eigenvalue weighted by Crippen LogP contribution is 2.36. The number of likely N-dealkylation sites (tertiary alicyclic amines) is 1. The summed E-state index contributed by atoms with van der Waals surface area (Å²) < 4.78 is 11.3. The molecule has 2 saturated heterocycles. The molecule has 5 rings (SSSR count). The number of benzene rings is 1. The van der Waals surface area contributed by atoms with E-state index in [1.807, 2.05) is 35.5 Å². The molecule has 3 aliphatic rings. The molecule has 2 N–H and O–H groups in total. The Morgan fingerprint density at radius 3 is 2.46 bits per heavy atom. The molecule has 0 bridgehead atoms. The molecule has 6 nitrogen and oxygen atoms in total. The van der Waals surface area contributed by atoms with Crippen LogP contribution in [0.25, 0.3) is 11.1 Å². The smallest absolute Gasteiger partial charge is 0.256 e. The number of aromatic nitrogens is 1. The number of H-pyrrole nitrogens is 1. The number of amides is 1. The second-order valence-corrected chi connectivity index (χ2v) is 7.69. The van der Waals surface area contributed by atoms with Crippen molar-refractivity contribution in [3.63, 3.8) is 0 Å². The fourth-order valence-corrected chi connectivity index (χ4v) is 4.58. The van der Waals surface area contributed by atoms with Crippen LogP contribution in [0.1, 0.15) is 23.2 Å². The van der Waals surface area contributed by atoms with Crippen molar-refractivity contribution in [3.05, 3.63) is 36.2 Å². The van der Waals surface area contributed by atoms with Gasteiger partial charge in [0.05, 0.1) is 5.56 Å². The fraction of sp³-hybridized carbons (Fsp3) is 0.476. The molecule has 1 aromatic heterocycles. The first-order chi connectivity index (χ1) is 13.3. The molecule has 4 heterocycles. The Balaban J connectivity index is 0.00000192. The minimum absolute atomic E-state index is 0. The van der Waals surface area contributed by atoms with Crippen molar-refractivity contribution < 1.29 is 14.3 Å². The first kappa shape index (κ1) is 19.2. The number of carbonyl (C=O) groups is 1. The highest BCUT2D eigenvalue weighted by molar-refractivity contribution is 6.01. The van der Waals surface area contributed by atoms with Gasteiger partial charge in [0, 0.05) is 31.0 Å². The third-order valence-electron chi connectivity index (χ3n) is 6.14. The summed E-state index contributed by atoms with van der Waals surface area (Å²) in [4.78, 5) is 18.4. The zero-order chi connectivity index (χ0) is 18.2. The van der Waals surface area contributed by atoms with Gasteiger partial charge in [-0.3, -0.25) is 4.79 Å². The van der Waals surface area contributed by atoms with Gasteiger partial charge in [0.2, 0.25) is 0 Å². The van der Waals surface area contributed by atoms with Gasteiger partial charge >= 0.3 is 0 Å². The summed E-state index contributed by atoms with van der Waals surface area (Å²) in [6.45, 7) is 5.01. The normalized spacial score (nSPS) is 23.5. The maximum atomic E-state index is 13.3. The summed E-state index contributed by atoms with van der Waals surface area (Å²) in [7, 11) is 0. The zero-order valence-corrected chi connectivity index (χ0v) is 16.6. The van der Waals surface area contributed by atoms with E-state index in [1.165, 1.54) is 0 Å². The molecular formula is C21H26ClN3O3. The van der Waals surface area contributed by atoms with Gasteiger partial charge in [-0.25, -0.2) is 0 Å². The molecule has 1 aromatic carbocycles. The molecule has 2 atom stereocenters. The van der Waals surface area contributed by atoms with Gasteiger partial charge in [0.15, 0.2) is 11.5 Å². The molecule has 2 fully saturated rings. The van der Waals surface area contributed by atoms with Crippen molar-refractivity contribution in [2.24, 2.45) is 11.8 Å². The lowest BCUT2D eigenvalue weighted by Gasteiger charge is -2.22. The van der Waals surface area contributed by atoms with Crippen molar-refractivity contribution in [3.8, 4) is 22.6 Å². The molecule has 150 valence electrons. The maximum Gasteiger partial charge on any atom is 0.256 e. The second-order valence-electron chi connectivity index (χ2n) is 7.69. The quantitative estimate of drug-likeness (QED) is 0.809. The standard InChI is InChI=1S/C21H25N3O3.ClH/c25-21(24-5-3-15-10-22-11-16(15)4-6-24)18-13-23-12-17(18)14-1-2-19-20(9-14)27-8-7-26-19;/h1-2,9,12-13,15-16,22-23H,3-8,10-11H2;1H/t15-,16+;. The summed E-state index contributed by atoms with van der Waals surface area (Å²) >= 11 is 0. The van der Waals surface area contributed by atoms with Crippen LogP contribution in [0.5, 0.6) is 11.5 Å². The summed E-state index contributed by atoms with van der Waals surface area (Å²) in [5.41, 5.74) is 2.62. The molecule has 0 saturated carbocycles. The van der Waals surface area contributed by atoms with Crippen LogP contribution in [-0.2, 0) is 0 Å². The van der Waals surface area contributed by atoms with Crippen LogP contribution >= 0.6 is 12.4 Å². The fourth-order valence-electron chi connectivity index (χ4n) is 4.58. The monoisotopic (exact) mass is 403 g/mol. The lowest BCUT2D eigenvalue weighted by atomic mass is 9.92. The molecule has 0 unspecified atom stereocenters. The molecule has 28 heavy (non-hydrogen) atoms. The summed E-state index contributed by atoms with van der Waals surface area (Å²) in [5.74, 6) is 3.06. The predicted octanol–water partition coefficient (Wildman–Crippen LogP) is 2.95. The Kier molecular flexibility index (Phi) is 5.51. The molecule has 0 spiro atoms. The Hall–Kier alpha value is -2.18. The minimum Gasteiger partial charge on any atom is -0.486 e. The number of nitrogens with zero attached hydrogens (tertiary/aromatic N) is 1. The molecule has 3 aliphatic heterocycles. The van der Waals surface area contributed by atoms with Crippen molar-refractivity contribution in [1.29, 1.82) is 0 Å². The van der Waals surface area contributed by atoms with Crippen LogP contribution in [0, 0.1) is 11.8 Å². The van der Waals surface area contributed by atoms with Gasteiger partial charge in [-0.05, 0) is 55.5 Å². The lowest BCUT2D eigenvalue weighted by molar-refractivity contribution is 0.0759. The van der Waals surface area contributed by atoms with E-state index in [0.29, 0.717) is 25.0 Å². The van der Waals surface area contributed by atoms with Gasteiger partial charge < -0.3 is 24.7 Å². The van der Waals surface area contributed by atoms with Crippen LogP contribution in [0.3, 0.4) is 0 Å². The van der Waals surface area contributed by atoms with Gasteiger partial charge in [0.1, 0.15) is 13.2 Å². The largest absolute Gasteiger partial charge is 0.486 e. The third kappa shape index (κ3) is 3.47. The van der Waals surface area contributed by atoms with Crippen molar-refractivity contribution in [2.45, 2.75) is 12.8 Å². The number of hydrogen-bond acceptors (Lipinski definition) is 4. The number of aromatic amines is 1. The number of ether oxygens (including phenoxy) is 2. The Bertz CT molecular complexity index is 839. The number of carbonyl (C=O) groups excluding carboxylic acids is 1. The van der Waals surface area contributed by atoms with E-state index >= 15 is 0 Å². The van der Waals surface area contributed by atoms with E-state index < -0.39 is 0 Å². The number of rotatable bonds is 2. The Labute approximate surface area is 171 Å². The Morgan fingerprint density at radius 2 is 1.71 bits per heavy atom. The van der Waals surface area contributed by atoms with E-state index in [2.05, 4.69) is 10.3 Å². The average molecular weight is 404 g/mol. The number of fused-ring (bicyclic) bond motifs is 2. The molecule has 0 radical (unpaired) electrons. The van der Waals surface area contributed by atoms with E-state index in [1.54, 1.807) is 0 Å². The highest BCUT2D eigenvalue weighted by Gasteiger charge is 2.32. The second kappa shape index (κ2) is 8.05.